The van der Waals surface area contributed by atoms with E-state index in [0.29, 0.717) is 22.6 Å². The monoisotopic (exact) mass is 399 g/mol. The lowest BCUT2D eigenvalue weighted by Crippen LogP contribution is -2.05. The zero-order valence-electron chi connectivity index (χ0n) is 13.8. The molecule has 1 aromatic carbocycles. The number of halogens is 4. The van der Waals surface area contributed by atoms with Gasteiger partial charge in [0, 0.05) is 29.3 Å². The van der Waals surface area contributed by atoms with Gasteiger partial charge in [0.2, 0.25) is 0 Å². The van der Waals surface area contributed by atoms with Crippen LogP contribution in [0.3, 0.4) is 0 Å². The second kappa shape index (κ2) is 6.92. The van der Waals surface area contributed by atoms with Gasteiger partial charge in [-0.15, -0.1) is 11.8 Å². The quantitative estimate of drug-likeness (QED) is 0.450. The summed E-state index contributed by atoms with van der Waals surface area (Å²) >= 11 is 7.03. The van der Waals surface area contributed by atoms with E-state index in [1.807, 2.05) is 6.92 Å². The summed E-state index contributed by atoms with van der Waals surface area (Å²) in [7, 11) is 1.69. The van der Waals surface area contributed by atoms with Crippen LogP contribution in [-0.4, -0.2) is 25.5 Å². The molecule has 0 N–H and O–H groups in total. The predicted molar refractivity (Wildman–Crippen MR) is 95.5 cm³/mol. The average molecular weight is 400 g/mol. The first-order chi connectivity index (χ1) is 12.2. The lowest BCUT2D eigenvalue weighted by Gasteiger charge is -2.09. The van der Waals surface area contributed by atoms with Crippen molar-refractivity contribution >= 4 is 39.8 Å². The van der Waals surface area contributed by atoms with Crippen molar-refractivity contribution in [3.8, 4) is 11.4 Å². The molecule has 0 amide bonds. The molecule has 9 heteroatoms. The molecule has 0 atom stereocenters. The second-order valence-corrected chi connectivity index (χ2v) is 7.13. The van der Waals surface area contributed by atoms with Gasteiger partial charge in [0.1, 0.15) is 11.3 Å². The fourth-order valence-electron chi connectivity index (χ4n) is 2.58. The van der Waals surface area contributed by atoms with Gasteiger partial charge < -0.3 is 4.57 Å². The number of alkyl halides is 3. The van der Waals surface area contributed by atoms with Crippen molar-refractivity contribution in [3.05, 3.63) is 41.6 Å². The van der Waals surface area contributed by atoms with Crippen LogP contribution < -0.4 is 0 Å². The van der Waals surface area contributed by atoms with Gasteiger partial charge in [0.15, 0.2) is 5.65 Å². The van der Waals surface area contributed by atoms with E-state index < -0.39 is 17.0 Å². The first kappa shape index (κ1) is 18.7. The third-order valence-corrected chi connectivity index (χ3v) is 4.94. The number of hydrogen-bond donors (Lipinski definition) is 0. The molecular formula is C17H13ClF3N3OS. The molecule has 0 bridgehead atoms. The number of carbonyl (C=O) groups is 1. The number of carbonyl (C=O) groups excluding carboxylic acids is 1. The Morgan fingerprint density at radius 2 is 2.04 bits per heavy atom. The average Bonchev–Trinajstić information content (AvgIpc) is 2.90. The SMILES string of the molecule is CCSc1cc(C(=O)Cl)ccc1-c1nc2cc(C(F)(F)F)cnc2n1C. The Labute approximate surface area is 156 Å². The number of aromatic nitrogens is 3. The molecule has 0 aliphatic carbocycles. The van der Waals surface area contributed by atoms with Gasteiger partial charge in [-0.2, -0.15) is 13.2 Å². The van der Waals surface area contributed by atoms with Crippen LogP contribution in [0.2, 0.25) is 0 Å². The third kappa shape index (κ3) is 3.43. The summed E-state index contributed by atoms with van der Waals surface area (Å²) in [6.45, 7) is 1.95. The standard InChI is InChI=1S/C17H13ClF3N3OS/c1-3-26-13-6-9(14(18)25)4-5-11(13)15-23-12-7-10(17(19,20)21)8-22-16(12)24(15)2/h4-8H,3H2,1-2H3. The lowest BCUT2D eigenvalue weighted by atomic mass is 10.1. The molecule has 0 aliphatic heterocycles. The Kier molecular flexibility index (Phi) is 4.98. The van der Waals surface area contributed by atoms with Gasteiger partial charge in [0.05, 0.1) is 5.56 Å². The van der Waals surface area contributed by atoms with Gasteiger partial charge in [-0.05, 0) is 41.6 Å². The number of hydrogen-bond acceptors (Lipinski definition) is 4. The summed E-state index contributed by atoms with van der Waals surface area (Å²) in [6.07, 6.45) is -3.69. The molecule has 2 heterocycles. The minimum atomic E-state index is -4.48. The van der Waals surface area contributed by atoms with Gasteiger partial charge in [-0.1, -0.05) is 6.92 Å². The van der Waals surface area contributed by atoms with Crippen molar-refractivity contribution in [2.24, 2.45) is 7.05 Å². The molecule has 0 saturated carbocycles. The number of pyridine rings is 1. The zero-order chi connectivity index (χ0) is 19.1. The van der Waals surface area contributed by atoms with Gasteiger partial charge in [-0.25, -0.2) is 9.97 Å². The molecule has 0 radical (unpaired) electrons. The topological polar surface area (TPSA) is 47.8 Å². The Bertz CT molecular complexity index is 1000. The molecule has 26 heavy (non-hydrogen) atoms. The molecule has 4 nitrogen and oxygen atoms in total. The van der Waals surface area contributed by atoms with E-state index in [9.17, 15) is 18.0 Å². The number of imidazole rings is 1. The highest BCUT2D eigenvalue weighted by Crippen LogP contribution is 2.35. The van der Waals surface area contributed by atoms with Crippen molar-refractivity contribution in [3.63, 3.8) is 0 Å². The Morgan fingerprint density at radius 3 is 2.65 bits per heavy atom. The minimum Gasteiger partial charge on any atom is -0.312 e. The molecule has 3 aromatic rings. The molecule has 0 aliphatic rings. The maximum atomic E-state index is 12.9. The molecule has 3 rings (SSSR count). The second-order valence-electron chi connectivity index (χ2n) is 5.48. The fraction of sp³-hybridized carbons (Fsp3) is 0.235. The molecule has 136 valence electrons. The molecule has 0 saturated heterocycles. The Balaban J connectivity index is 2.19. The van der Waals surface area contributed by atoms with Crippen LogP contribution in [0, 0.1) is 0 Å². The maximum absolute atomic E-state index is 12.9. The normalized spacial score (nSPS) is 11.9. The Morgan fingerprint density at radius 1 is 1.31 bits per heavy atom. The number of fused-ring (bicyclic) bond motifs is 1. The number of rotatable bonds is 4. The Hall–Kier alpha value is -2.06. The molecule has 0 unspecified atom stereocenters. The van der Waals surface area contributed by atoms with Crippen LogP contribution in [-0.2, 0) is 13.2 Å². The molecule has 2 aromatic heterocycles. The largest absolute Gasteiger partial charge is 0.417 e. The number of aryl methyl sites for hydroxylation is 1. The van der Waals surface area contributed by atoms with E-state index >= 15 is 0 Å². The number of thioether (sulfide) groups is 1. The van der Waals surface area contributed by atoms with E-state index in [1.54, 1.807) is 29.8 Å². The van der Waals surface area contributed by atoms with Crippen LogP contribution >= 0.6 is 23.4 Å². The van der Waals surface area contributed by atoms with Crippen LogP contribution in [0.1, 0.15) is 22.8 Å². The van der Waals surface area contributed by atoms with Gasteiger partial charge in [-0.3, -0.25) is 4.79 Å². The smallest absolute Gasteiger partial charge is 0.312 e. The summed E-state index contributed by atoms with van der Waals surface area (Å²) in [5, 5.41) is -0.573. The predicted octanol–water partition coefficient (Wildman–Crippen LogP) is 5.15. The summed E-state index contributed by atoms with van der Waals surface area (Å²) in [4.78, 5) is 20.4. The van der Waals surface area contributed by atoms with Crippen LogP contribution in [0.4, 0.5) is 13.2 Å². The summed E-state index contributed by atoms with van der Waals surface area (Å²) in [6, 6.07) is 5.90. The molecule has 0 fully saturated rings. The van der Waals surface area contributed by atoms with Crippen LogP contribution in [0.15, 0.2) is 35.4 Å². The van der Waals surface area contributed by atoms with E-state index in [0.717, 1.165) is 22.9 Å². The van der Waals surface area contributed by atoms with E-state index in [4.69, 9.17) is 11.6 Å². The number of nitrogens with zero attached hydrogens (tertiary/aromatic N) is 3. The van der Waals surface area contributed by atoms with Crippen molar-refractivity contribution in [1.82, 2.24) is 14.5 Å². The van der Waals surface area contributed by atoms with Gasteiger partial charge in [0.25, 0.3) is 5.24 Å². The zero-order valence-corrected chi connectivity index (χ0v) is 15.3. The fourth-order valence-corrected chi connectivity index (χ4v) is 3.53. The summed E-state index contributed by atoms with van der Waals surface area (Å²) < 4.78 is 40.4. The van der Waals surface area contributed by atoms with Crippen molar-refractivity contribution in [2.75, 3.05) is 5.75 Å². The number of benzene rings is 1. The third-order valence-electron chi connectivity index (χ3n) is 3.79. The van der Waals surface area contributed by atoms with E-state index in [2.05, 4.69) is 9.97 Å². The highest BCUT2D eigenvalue weighted by molar-refractivity contribution is 7.99. The van der Waals surface area contributed by atoms with Gasteiger partial charge >= 0.3 is 6.18 Å². The molecular weight excluding hydrogens is 387 g/mol. The highest BCUT2D eigenvalue weighted by atomic mass is 35.5. The van der Waals surface area contributed by atoms with Crippen molar-refractivity contribution < 1.29 is 18.0 Å². The van der Waals surface area contributed by atoms with E-state index in [-0.39, 0.29) is 5.52 Å². The maximum Gasteiger partial charge on any atom is 0.417 e. The minimum absolute atomic E-state index is 0.155. The van der Waals surface area contributed by atoms with Crippen molar-refractivity contribution in [1.29, 1.82) is 0 Å². The lowest BCUT2D eigenvalue weighted by molar-refractivity contribution is -0.137. The van der Waals surface area contributed by atoms with Crippen molar-refractivity contribution in [2.45, 2.75) is 18.0 Å². The summed E-state index contributed by atoms with van der Waals surface area (Å²) in [5.74, 6) is 1.21. The highest BCUT2D eigenvalue weighted by Gasteiger charge is 2.31. The molecule has 0 spiro atoms. The summed E-state index contributed by atoms with van der Waals surface area (Å²) in [5.41, 5.74) is 0.705. The van der Waals surface area contributed by atoms with E-state index in [1.165, 1.54) is 11.8 Å². The first-order valence-electron chi connectivity index (χ1n) is 7.59. The first-order valence-corrected chi connectivity index (χ1v) is 8.95. The van der Waals surface area contributed by atoms with Crippen LogP contribution in [0.5, 0.6) is 0 Å². The van der Waals surface area contributed by atoms with Crippen LogP contribution in [0.25, 0.3) is 22.6 Å².